The minimum Gasteiger partial charge on any atom is -0.481 e. The molecule has 0 saturated carbocycles. The van der Waals surface area contributed by atoms with Crippen molar-refractivity contribution in [2.75, 3.05) is 0 Å². The van der Waals surface area contributed by atoms with Gasteiger partial charge in [0.2, 0.25) is 0 Å². The molecule has 0 aromatic heterocycles. The van der Waals surface area contributed by atoms with Crippen LogP contribution in [-0.4, -0.2) is 11.1 Å². The number of carboxylic acids is 1. The van der Waals surface area contributed by atoms with Crippen LogP contribution < -0.4 is 0 Å². The van der Waals surface area contributed by atoms with Gasteiger partial charge in [-0.3, -0.25) is 4.79 Å². The first-order valence-corrected chi connectivity index (χ1v) is 7.99. The average Bonchev–Trinajstić information content (AvgIpc) is 2.34. The Morgan fingerprint density at radius 1 is 0.667 bits per heavy atom. The lowest BCUT2D eigenvalue weighted by atomic mass is 11.0. The highest BCUT2D eigenvalue weighted by molar-refractivity contribution is 5.66. The van der Waals surface area contributed by atoms with Crippen LogP contribution in [0.4, 0.5) is 0 Å². The van der Waals surface area contributed by atoms with Crippen molar-refractivity contribution in [1.29, 1.82) is 0 Å². The fourth-order valence-electron chi connectivity index (χ4n) is 2.29. The first-order chi connectivity index (χ1) is 8.77. The lowest BCUT2D eigenvalue weighted by Crippen LogP contribution is -1.93. The van der Waals surface area contributed by atoms with Gasteiger partial charge in [0.25, 0.3) is 0 Å². The minimum absolute atomic E-state index is 0.345. The molecule has 1 N–H and O–H groups in total. The van der Waals surface area contributed by atoms with E-state index in [1.807, 2.05) is 0 Å². The first-order valence-electron chi connectivity index (χ1n) is 7.99. The molecular formula is C16H32O2. The molecule has 0 spiro atoms. The molecule has 0 bridgehead atoms. The summed E-state index contributed by atoms with van der Waals surface area (Å²) in [7, 11) is 0. The summed E-state index contributed by atoms with van der Waals surface area (Å²) < 4.78 is 0. The Bertz CT molecular complexity index is 178. The highest BCUT2D eigenvalue weighted by Crippen LogP contribution is 2.12. The fraction of sp³-hybridized carbons (Fsp3) is 0.938. The molecule has 0 saturated heterocycles. The van der Waals surface area contributed by atoms with Crippen LogP contribution in [0.1, 0.15) is 96.8 Å². The minimum atomic E-state index is -0.655. The molecule has 2 nitrogen and oxygen atoms in total. The molecule has 0 fully saturated rings. The molecule has 0 aliphatic carbocycles. The van der Waals surface area contributed by atoms with E-state index < -0.39 is 5.97 Å². The second-order valence-corrected chi connectivity index (χ2v) is 5.39. The maximum absolute atomic E-state index is 10.3. The van der Waals surface area contributed by atoms with E-state index in [9.17, 15) is 4.79 Å². The highest BCUT2D eigenvalue weighted by Gasteiger charge is 1.96. The predicted molar refractivity (Wildman–Crippen MR) is 77.9 cm³/mol. The van der Waals surface area contributed by atoms with Crippen LogP contribution in [0.25, 0.3) is 0 Å². The van der Waals surface area contributed by atoms with Crippen LogP contribution in [0.15, 0.2) is 0 Å². The number of aliphatic carboxylic acids is 1. The summed E-state index contributed by atoms with van der Waals surface area (Å²) in [4.78, 5) is 10.3. The fourth-order valence-corrected chi connectivity index (χ4v) is 2.29. The number of carbonyl (C=O) groups is 1. The maximum atomic E-state index is 10.3. The molecule has 2 heteroatoms. The van der Waals surface area contributed by atoms with E-state index >= 15 is 0 Å². The molecular weight excluding hydrogens is 240 g/mol. The Hall–Kier alpha value is -0.530. The third kappa shape index (κ3) is 15.5. The van der Waals surface area contributed by atoms with Gasteiger partial charge in [-0.2, -0.15) is 0 Å². The molecule has 0 radical (unpaired) electrons. The van der Waals surface area contributed by atoms with Crippen molar-refractivity contribution < 1.29 is 9.90 Å². The van der Waals surface area contributed by atoms with Crippen LogP contribution in [0.5, 0.6) is 0 Å². The second kappa shape index (κ2) is 14.5. The Labute approximate surface area is 113 Å². The number of hydrogen-bond acceptors (Lipinski definition) is 1. The first kappa shape index (κ1) is 17.5. The van der Waals surface area contributed by atoms with Gasteiger partial charge in [-0.05, 0) is 6.42 Å². The summed E-state index contributed by atoms with van der Waals surface area (Å²) in [5.74, 6) is -0.655. The van der Waals surface area contributed by atoms with Gasteiger partial charge in [0, 0.05) is 6.42 Å². The van der Waals surface area contributed by atoms with Gasteiger partial charge >= 0.3 is 5.97 Å². The molecule has 108 valence electrons. The topological polar surface area (TPSA) is 37.3 Å². The van der Waals surface area contributed by atoms with Gasteiger partial charge in [-0.25, -0.2) is 0 Å². The zero-order chi connectivity index (χ0) is 13.5. The normalized spacial score (nSPS) is 10.7. The SMILES string of the molecule is [13CH3][13CH2][13CH2][13CH2][13CH2][13CH2][13CH2][13CH2][13CH2][13CH2][13CH2][13CH2][13CH2][13CH2][13CH2][13C](=O)O. The molecule has 0 amide bonds. The molecule has 18 heavy (non-hydrogen) atoms. The smallest absolute Gasteiger partial charge is 0.303 e. The van der Waals surface area contributed by atoms with E-state index in [1.165, 1.54) is 70.6 Å². The van der Waals surface area contributed by atoms with Gasteiger partial charge in [-0.1, -0.05) is 84.0 Å². The average molecular weight is 272 g/mol. The third-order valence-corrected chi connectivity index (χ3v) is 3.49. The predicted octanol–water partition coefficient (Wildman–Crippen LogP) is 5.55. The van der Waals surface area contributed by atoms with Gasteiger partial charge in [-0.15, -0.1) is 0 Å². The summed E-state index contributed by atoms with van der Waals surface area (Å²) in [6, 6.07) is 0. The largest absolute Gasteiger partial charge is 0.481 e. The Balaban J connectivity index is 2.92. The molecule has 0 aliphatic rings. The standard InChI is InChI=1S/C16H32O2/c1-2-3-4-5-6-7-8-9-10-11-12-13-14-15-16(17)18/h2-15H2,1H3,(H,17,18)/i1+1,2+1,3+1,4+1,5+1,6+1,7+1,8+1,9+1,10+1,11+1,12+1,13+1,14+1,15+1,16+1. The van der Waals surface area contributed by atoms with E-state index in [2.05, 4.69) is 6.92 Å². The summed E-state index contributed by atoms with van der Waals surface area (Å²) >= 11 is 0. The third-order valence-electron chi connectivity index (χ3n) is 3.49. The van der Waals surface area contributed by atoms with E-state index in [1.54, 1.807) is 0 Å². The zero-order valence-corrected chi connectivity index (χ0v) is 12.3. The van der Waals surface area contributed by atoms with Crippen LogP contribution in [0.2, 0.25) is 0 Å². The quantitative estimate of drug-likeness (QED) is 0.332. The Morgan fingerprint density at radius 3 is 1.33 bits per heavy atom. The molecule has 0 unspecified atom stereocenters. The summed E-state index contributed by atoms with van der Waals surface area (Å²) in [5.41, 5.74) is 0. The van der Waals surface area contributed by atoms with E-state index in [-0.39, 0.29) is 0 Å². The van der Waals surface area contributed by atoms with Gasteiger partial charge < -0.3 is 5.11 Å². The van der Waals surface area contributed by atoms with Crippen LogP contribution in [0, 0.1) is 0 Å². The van der Waals surface area contributed by atoms with Crippen LogP contribution in [0.3, 0.4) is 0 Å². The van der Waals surface area contributed by atoms with Crippen molar-refractivity contribution in [3.63, 3.8) is 0 Å². The van der Waals surface area contributed by atoms with Crippen molar-refractivity contribution in [2.45, 2.75) is 96.8 Å². The lowest BCUT2D eigenvalue weighted by molar-refractivity contribution is -0.137. The molecule has 0 aromatic carbocycles. The molecule has 0 rings (SSSR count). The number of unbranched alkanes of at least 4 members (excludes halogenated alkanes) is 12. The van der Waals surface area contributed by atoms with Gasteiger partial charge in [0.15, 0.2) is 0 Å². The summed E-state index contributed by atoms with van der Waals surface area (Å²) in [6.07, 6.45) is 17.3. The number of carboxylic acid groups (broad SMARTS) is 1. The molecule has 0 aromatic rings. The van der Waals surface area contributed by atoms with E-state index in [0.29, 0.717) is 6.42 Å². The Morgan fingerprint density at radius 2 is 1.00 bits per heavy atom. The van der Waals surface area contributed by atoms with Crippen molar-refractivity contribution in [2.24, 2.45) is 0 Å². The number of rotatable bonds is 14. The maximum Gasteiger partial charge on any atom is 0.303 e. The van der Waals surface area contributed by atoms with Crippen LogP contribution in [-0.2, 0) is 4.79 Å². The van der Waals surface area contributed by atoms with Crippen molar-refractivity contribution >= 4 is 5.97 Å². The molecule has 0 atom stereocenters. The highest BCUT2D eigenvalue weighted by atomic mass is 16.5. The van der Waals surface area contributed by atoms with Gasteiger partial charge in [0.1, 0.15) is 0 Å². The summed E-state index contributed by atoms with van der Waals surface area (Å²) in [6.45, 7) is 2.26. The lowest BCUT2D eigenvalue weighted by Gasteiger charge is -2.02. The summed E-state index contributed by atoms with van der Waals surface area (Å²) in [5, 5.41) is 8.49. The van der Waals surface area contributed by atoms with Crippen molar-refractivity contribution in [3.8, 4) is 0 Å². The second-order valence-electron chi connectivity index (χ2n) is 5.39. The van der Waals surface area contributed by atoms with E-state index in [0.717, 1.165) is 12.8 Å². The van der Waals surface area contributed by atoms with Crippen molar-refractivity contribution in [1.82, 2.24) is 0 Å². The van der Waals surface area contributed by atoms with Gasteiger partial charge in [0.05, 0.1) is 0 Å². The zero-order valence-electron chi connectivity index (χ0n) is 12.3. The van der Waals surface area contributed by atoms with Crippen LogP contribution >= 0.6 is 0 Å². The molecule has 0 aliphatic heterocycles. The Kier molecular flexibility index (Phi) is 14.1. The van der Waals surface area contributed by atoms with E-state index in [4.69, 9.17) is 5.11 Å². The van der Waals surface area contributed by atoms with Crippen molar-refractivity contribution in [3.05, 3.63) is 0 Å². The monoisotopic (exact) mass is 272 g/mol. The number of hydrogen-bond donors (Lipinski definition) is 1. The molecule has 0 heterocycles.